The lowest BCUT2D eigenvalue weighted by Gasteiger charge is -2.08. The predicted molar refractivity (Wildman–Crippen MR) is 69.7 cm³/mol. The molecule has 16 heavy (non-hydrogen) atoms. The summed E-state index contributed by atoms with van der Waals surface area (Å²) < 4.78 is 10.5. The van der Waals surface area contributed by atoms with E-state index < -0.39 is 8.03 Å². The van der Waals surface area contributed by atoms with Crippen molar-refractivity contribution in [3.63, 3.8) is 0 Å². The quantitative estimate of drug-likeness (QED) is 0.594. The Morgan fingerprint density at radius 1 is 1.25 bits per heavy atom. The summed E-state index contributed by atoms with van der Waals surface area (Å²) in [7, 11) is -2.27. The van der Waals surface area contributed by atoms with Crippen molar-refractivity contribution >= 4 is 13.7 Å². The number of unbranched alkanes of at least 4 members (excludes halogenated alkanes) is 1. The Kier molecular flexibility index (Phi) is 5.58. The van der Waals surface area contributed by atoms with Crippen LogP contribution in [0.4, 0.5) is 5.69 Å². The molecule has 4 heteroatoms. The fourth-order valence-corrected chi connectivity index (χ4v) is 2.04. The first kappa shape index (κ1) is 13.3. The normalized spacial score (nSPS) is 12.4. The van der Waals surface area contributed by atoms with Crippen molar-refractivity contribution in [1.29, 1.82) is 0 Å². The highest BCUT2D eigenvalue weighted by Crippen LogP contribution is 2.16. The monoisotopic (exact) mass is 241 g/mol. The molecule has 0 radical (unpaired) electrons. The molecule has 0 aliphatic heterocycles. The van der Waals surface area contributed by atoms with E-state index in [1.54, 1.807) is 0 Å². The highest BCUT2D eigenvalue weighted by molar-refractivity contribution is 7.37. The van der Waals surface area contributed by atoms with Gasteiger partial charge >= 0.3 is 0 Å². The minimum atomic E-state index is -2.27. The van der Waals surface area contributed by atoms with Crippen LogP contribution >= 0.6 is 8.03 Å². The lowest BCUT2D eigenvalue weighted by Crippen LogP contribution is -2.02. The standard InChI is InChI=1S/C12H20NO2P/c1-10-5-6-12(9-11(10)2)13-7-3-4-8-16(14)15/h5-6,9,13,16H,3-4,7-8H2,1-2H3,(H,14,15). The average molecular weight is 241 g/mol. The molecule has 0 aromatic heterocycles. The molecule has 0 spiro atoms. The van der Waals surface area contributed by atoms with E-state index in [-0.39, 0.29) is 0 Å². The molecule has 0 fully saturated rings. The summed E-state index contributed by atoms with van der Waals surface area (Å²) in [5, 5.41) is 3.31. The molecule has 0 aliphatic rings. The molecule has 1 rings (SSSR count). The number of anilines is 1. The molecule has 0 amide bonds. The van der Waals surface area contributed by atoms with Gasteiger partial charge in [-0.2, -0.15) is 0 Å². The second-order valence-corrected chi connectivity index (χ2v) is 5.36. The third kappa shape index (κ3) is 4.82. The number of hydrogen-bond acceptors (Lipinski definition) is 2. The summed E-state index contributed by atoms with van der Waals surface area (Å²) in [6.07, 6.45) is 2.19. The third-order valence-corrected chi connectivity index (χ3v) is 3.43. The Morgan fingerprint density at radius 3 is 2.62 bits per heavy atom. The number of nitrogens with one attached hydrogen (secondary N) is 1. The number of aryl methyl sites for hydroxylation is 2. The smallest absolute Gasteiger partial charge is 0.189 e. The Bertz CT molecular complexity index is 366. The van der Waals surface area contributed by atoms with Gasteiger partial charge in [-0.15, -0.1) is 0 Å². The fraction of sp³-hybridized carbons (Fsp3) is 0.500. The van der Waals surface area contributed by atoms with E-state index in [9.17, 15) is 4.57 Å². The Balaban J connectivity index is 2.27. The molecular formula is C12H20NO2P. The molecule has 0 bridgehead atoms. The van der Waals surface area contributed by atoms with Crippen LogP contribution in [-0.4, -0.2) is 17.6 Å². The van der Waals surface area contributed by atoms with Gasteiger partial charge in [-0.05, 0) is 49.9 Å². The van der Waals surface area contributed by atoms with Gasteiger partial charge in [-0.25, -0.2) is 0 Å². The second-order valence-electron chi connectivity index (χ2n) is 4.08. The largest absolute Gasteiger partial charge is 0.385 e. The maximum atomic E-state index is 10.5. The van der Waals surface area contributed by atoms with Crippen molar-refractivity contribution in [2.45, 2.75) is 26.7 Å². The lowest BCUT2D eigenvalue weighted by atomic mass is 10.1. The zero-order valence-electron chi connectivity index (χ0n) is 9.92. The number of rotatable bonds is 6. The van der Waals surface area contributed by atoms with E-state index in [0.29, 0.717) is 6.16 Å². The predicted octanol–water partition coefficient (Wildman–Crippen LogP) is 2.96. The average Bonchev–Trinajstić information content (AvgIpc) is 2.22. The first-order valence-corrected chi connectivity index (χ1v) is 7.19. The number of benzene rings is 1. The molecule has 0 saturated heterocycles. The summed E-state index contributed by atoms with van der Waals surface area (Å²) in [5.74, 6) is 0. The summed E-state index contributed by atoms with van der Waals surface area (Å²) in [5.41, 5.74) is 3.70. The molecule has 1 unspecified atom stereocenters. The van der Waals surface area contributed by atoms with Gasteiger partial charge < -0.3 is 10.2 Å². The molecule has 0 heterocycles. The van der Waals surface area contributed by atoms with Crippen LogP contribution in [0.2, 0.25) is 0 Å². The van der Waals surface area contributed by atoms with Crippen LogP contribution in [0, 0.1) is 13.8 Å². The minimum Gasteiger partial charge on any atom is -0.385 e. The molecule has 0 saturated carbocycles. The van der Waals surface area contributed by atoms with Crippen molar-refractivity contribution in [3.05, 3.63) is 29.3 Å². The molecule has 90 valence electrons. The van der Waals surface area contributed by atoms with E-state index in [2.05, 4.69) is 37.4 Å². The van der Waals surface area contributed by atoms with Crippen molar-refractivity contribution in [2.24, 2.45) is 0 Å². The molecule has 1 aromatic rings. The Morgan fingerprint density at radius 2 is 2.00 bits per heavy atom. The maximum Gasteiger partial charge on any atom is 0.189 e. The summed E-state index contributed by atoms with van der Waals surface area (Å²) in [6.45, 7) is 5.05. The highest BCUT2D eigenvalue weighted by Gasteiger charge is 1.96. The van der Waals surface area contributed by atoms with E-state index in [1.807, 2.05) is 0 Å². The van der Waals surface area contributed by atoms with Crippen LogP contribution in [0.15, 0.2) is 18.2 Å². The van der Waals surface area contributed by atoms with Crippen molar-refractivity contribution < 1.29 is 9.46 Å². The van der Waals surface area contributed by atoms with Gasteiger partial charge in [0.05, 0.1) is 0 Å². The summed E-state index contributed by atoms with van der Waals surface area (Å²) >= 11 is 0. The van der Waals surface area contributed by atoms with Gasteiger partial charge in [0.1, 0.15) is 0 Å². The second kappa shape index (κ2) is 6.72. The molecule has 0 aliphatic carbocycles. The topological polar surface area (TPSA) is 49.3 Å². The summed E-state index contributed by atoms with van der Waals surface area (Å²) in [4.78, 5) is 8.66. The first-order chi connectivity index (χ1) is 7.59. The lowest BCUT2D eigenvalue weighted by molar-refractivity contribution is 0.500. The van der Waals surface area contributed by atoms with Crippen molar-refractivity contribution in [1.82, 2.24) is 0 Å². The van der Waals surface area contributed by atoms with Crippen LogP contribution in [-0.2, 0) is 4.57 Å². The van der Waals surface area contributed by atoms with Crippen molar-refractivity contribution in [2.75, 3.05) is 18.0 Å². The molecular weight excluding hydrogens is 221 g/mol. The molecule has 2 N–H and O–H groups in total. The van der Waals surface area contributed by atoms with Gasteiger partial charge in [-0.3, -0.25) is 4.57 Å². The third-order valence-electron chi connectivity index (χ3n) is 2.65. The first-order valence-electron chi connectivity index (χ1n) is 5.62. The molecule has 3 nitrogen and oxygen atoms in total. The van der Waals surface area contributed by atoms with Crippen LogP contribution in [0.25, 0.3) is 0 Å². The fourth-order valence-electron chi connectivity index (χ4n) is 1.49. The zero-order valence-corrected chi connectivity index (χ0v) is 10.9. The SMILES string of the molecule is Cc1ccc(NCCCC[PH](=O)O)cc1C. The Labute approximate surface area is 97.8 Å². The number of hydrogen-bond donors (Lipinski definition) is 2. The van der Waals surface area contributed by atoms with Gasteiger partial charge in [0, 0.05) is 18.4 Å². The zero-order chi connectivity index (χ0) is 12.0. The van der Waals surface area contributed by atoms with Crippen LogP contribution in [0.1, 0.15) is 24.0 Å². The highest BCUT2D eigenvalue weighted by atomic mass is 31.1. The van der Waals surface area contributed by atoms with Gasteiger partial charge in [0.15, 0.2) is 8.03 Å². The van der Waals surface area contributed by atoms with Crippen molar-refractivity contribution in [3.8, 4) is 0 Å². The molecule has 1 aromatic carbocycles. The minimum absolute atomic E-state index is 0.444. The van der Waals surface area contributed by atoms with Gasteiger partial charge in [-0.1, -0.05) is 6.07 Å². The van der Waals surface area contributed by atoms with E-state index in [4.69, 9.17) is 4.89 Å². The van der Waals surface area contributed by atoms with E-state index >= 15 is 0 Å². The van der Waals surface area contributed by atoms with Crippen LogP contribution < -0.4 is 5.32 Å². The Hall–Kier alpha value is -0.790. The van der Waals surface area contributed by atoms with Gasteiger partial charge in [0.2, 0.25) is 0 Å². The van der Waals surface area contributed by atoms with Gasteiger partial charge in [0.25, 0.3) is 0 Å². The summed E-state index contributed by atoms with van der Waals surface area (Å²) in [6, 6.07) is 6.30. The van der Waals surface area contributed by atoms with E-state index in [0.717, 1.165) is 25.1 Å². The van der Waals surface area contributed by atoms with Crippen LogP contribution in [0.5, 0.6) is 0 Å². The van der Waals surface area contributed by atoms with Crippen LogP contribution in [0.3, 0.4) is 0 Å². The molecule has 1 atom stereocenters. The van der Waals surface area contributed by atoms with E-state index in [1.165, 1.54) is 11.1 Å². The maximum absolute atomic E-state index is 10.5.